The number of aryl methyl sites for hydroxylation is 2. The molecule has 0 bridgehead atoms. The minimum Gasteiger partial charge on any atom is -0.484 e. The van der Waals surface area contributed by atoms with Crippen molar-refractivity contribution in [2.75, 3.05) is 13.2 Å². The molecule has 1 fully saturated rings. The first-order valence-corrected chi connectivity index (χ1v) is 11.9. The molecule has 6 nitrogen and oxygen atoms in total. The van der Waals surface area contributed by atoms with E-state index in [1.54, 1.807) is 24.3 Å². The number of nitrogens with zero attached hydrogens (tertiary/aromatic N) is 1. The molecule has 0 saturated carbocycles. The molecule has 2 unspecified atom stereocenters. The average molecular weight is 466 g/mol. The second-order valence-corrected chi connectivity index (χ2v) is 9.38. The molecule has 3 rings (SSSR count). The number of carbonyl (C=O) groups excluding carboxylic acids is 3. The summed E-state index contributed by atoms with van der Waals surface area (Å²) < 4.78 is 10.9. The molecule has 1 aliphatic rings. The summed E-state index contributed by atoms with van der Waals surface area (Å²) in [5.74, 6) is -0.320. The number of ether oxygens (including phenoxy) is 2. The number of esters is 1. The van der Waals surface area contributed by atoms with E-state index >= 15 is 0 Å². The third-order valence-corrected chi connectivity index (χ3v) is 6.91. The Morgan fingerprint density at radius 3 is 2.00 bits per heavy atom. The number of likely N-dealkylation sites (tertiary alicyclic amines) is 1. The number of benzene rings is 2. The molecule has 0 radical (unpaired) electrons. The SMILES string of the molecule is Cc1cc(C)c(C)c(C(=O)COC(=O)c2ccc(OCC(=O)N3C(C)CCCC3C)cc2)c1C. The lowest BCUT2D eigenvalue weighted by atomic mass is 9.92. The second kappa shape index (κ2) is 10.9. The fourth-order valence-electron chi connectivity index (χ4n) is 4.74. The number of piperidine rings is 1. The van der Waals surface area contributed by atoms with Gasteiger partial charge < -0.3 is 14.4 Å². The maximum Gasteiger partial charge on any atom is 0.338 e. The molecular weight excluding hydrogens is 430 g/mol. The van der Waals surface area contributed by atoms with Gasteiger partial charge in [-0.25, -0.2) is 4.79 Å². The van der Waals surface area contributed by atoms with Crippen LogP contribution in [-0.4, -0.2) is 47.9 Å². The molecule has 2 aromatic rings. The maximum atomic E-state index is 12.8. The Hall–Kier alpha value is -3.15. The fourth-order valence-corrected chi connectivity index (χ4v) is 4.74. The van der Waals surface area contributed by atoms with Crippen LogP contribution in [0.5, 0.6) is 5.75 Å². The Kier molecular flexibility index (Phi) is 8.13. The number of rotatable bonds is 7. The van der Waals surface area contributed by atoms with E-state index in [2.05, 4.69) is 19.9 Å². The van der Waals surface area contributed by atoms with Gasteiger partial charge in [0.1, 0.15) is 5.75 Å². The highest BCUT2D eigenvalue weighted by molar-refractivity contribution is 6.02. The van der Waals surface area contributed by atoms with Crippen LogP contribution in [0.4, 0.5) is 0 Å². The zero-order valence-corrected chi connectivity index (χ0v) is 21.1. The molecule has 2 atom stereocenters. The minimum atomic E-state index is -0.577. The first-order valence-electron chi connectivity index (χ1n) is 11.9. The van der Waals surface area contributed by atoms with E-state index in [1.807, 2.05) is 32.6 Å². The van der Waals surface area contributed by atoms with Gasteiger partial charge in [0.25, 0.3) is 5.91 Å². The van der Waals surface area contributed by atoms with Gasteiger partial charge >= 0.3 is 5.97 Å². The van der Waals surface area contributed by atoms with Crippen molar-refractivity contribution in [2.45, 2.75) is 72.9 Å². The van der Waals surface area contributed by atoms with Gasteiger partial charge in [-0.05, 0) is 107 Å². The van der Waals surface area contributed by atoms with Gasteiger partial charge in [-0.3, -0.25) is 9.59 Å². The summed E-state index contributed by atoms with van der Waals surface area (Å²) in [6.45, 7) is 11.5. The molecule has 1 heterocycles. The highest BCUT2D eigenvalue weighted by Gasteiger charge is 2.29. The summed E-state index contributed by atoms with van der Waals surface area (Å²) in [6.07, 6.45) is 3.16. The van der Waals surface area contributed by atoms with Crippen molar-refractivity contribution in [3.63, 3.8) is 0 Å². The summed E-state index contributed by atoms with van der Waals surface area (Å²) >= 11 is 0. The van der Waals surface area contributed by atoms with E-state index in [0.29, 0.717) is 16.9 Å². The van der Waals surface area contributed by atoms with Crippen LogP contribution in [0.15, 0.2) is 30.3 Å². The number of carbonyl (C=O) groups is 3. The highest BCUT2D eigenvalue weighted by atomic mass is 16.5. The standard InChI is InChI=1S/C28H35NO5/c1-17-14-18(2)22(6)27(21(17)5)25(30)15-34-28(32)23-10-12-24(13-11-23)33-16-26(31)29-19(3)8-7-9-20(29)4/h10-14,19-20H,7-9,15-16H2,1-6H3. The molecule has 1 aliphatic heterocycles. The van der Waals surface area contributed by atoms with E-state index in [4.69, 9.17) is 9.47 Å². The topological polar surface area (TPSA) is 72.9 Å². The number of amides is 1. The van der Waals surface area contributed by atoms with Crippen LogP contribution >= 0.6 is 0 Å². The van der Waals surface area contributed by atoms with Crippen molar-refractivity contribution in [2.24, 2.45) is 0 Å². The normalized spacial score (nSPS) is 17.9. The molecule has 1 saturated heterocycles. The fraction of sp³-hybridized carbons (Fsp3) is 0.464. The largest absolute Gasteiger partial charge is 0.484 e. The Labute approximate surface area is 202 Å². The van der Waals surface area contributed by atoms with Gasteiger partial charge in [0.15, 0.2) is 13.2 Å². The van der Waals surface area contributed by atoms with E-state index in [0.717, 1.165) is 41.5 Å². The van der Waals surface area contributed by atoms with Gasteiger partial charge in [-0.15, -0.1) is 0 Å². The van der Waals surface area contributed by atoms with Gasteiger partial charge in [-0.2, -0.15) is 0 Å². The zero-order valence-electron chi connectivity index (χ0n) is 21.1. The van der Waals surface area contributed by atoms with Crippen LogP contribution in [0.1, 0.15) is 76.1 Å². The predicted octanol–water partition coefficient (Wildman–Crippen LogP) is 5.13. The number of hydrogen-bond donors (Lipinski definition) is 0. The molecule has 0 N–H and O–H groups in total. The van der Waals surface area contributed by atoms with Gasteiger partial charge in [0, 0.05) is 17.6 Å². The predicted molar refractivity (Wildman–Crippen MR) is 132 cm³/mol. The van der Waals surface area contributed by atoms with Gasteiger partial charge in [-0.1, -0.05) is 6.07 Å². The van der Waals surface area contributed by atoms with Crippen molar-refractivity contribution in [3.05, 3.63) is 63.7 Å². The number of ketones is 1. The second-order valence-electron chi connectivity index (χ2n) is 9.38. The molecule has 34 heavy (non-hydrogen) atoms. The third kappa shape index (κ3) is 5.66. The quantitative estimate of drug-likeness (QED) is 0.419. The van der Waals surface area contributed by atoms with Crippen LogP contribution in [0, 0.1) is 27.7 Å². The zero-order chi connectivity index (χ0) is 25.0. The van der Waals surface area contributed by atoms with Crippen molar-refractivity contribution < 1.29 is 23.9 Å². The maximum absolute atomic E-state index is 12.8. The molecule has 1 amide bonds. The lowest BCUT2D eigenvalue weighted by Crippen LogP contribution is -2.49. The van der Waals surface area contributed by atoms with E-state index < -0.39 is 5.97 Å². The molecule has 0 spiro atoms. The molecule has 6 heteroatoms. The van der Waals surface area contributed by atoms with Crippen molar-refractivity contribution in [3.8, 4) is 5.75 Å². The van der Waals surface area contributed by atoms with Crippen molar-refractivity contribution in [1.29, 1.82) is 0 Å². The van der Waals surface area contributed by atoms with E-state index in [9.17, 15) is 14.4 Å². The van der Waals surface area contributed by atoms with Gasteiger partial charge in [0.2, 0.25) is 5.78 Å². The van der Waals surface area contributed by atoms with E-state index in [1.165, 1.54) is 0 Å². The van der Waals surface area contributed by atoms with Crippen molar-refractivity contribution in [1.82, 2.24) is 4.90 Å². The minimum absolute atomic E-state index is 0.0290. The van der Waals surface area contributed by atoms with E-state index in [-0.39, 0.29) is 37.0 Å². The van der Waals surface area contributed by atoms with Crippen LogP contribution < -0.4 is 4.74 Å². The highest BCUT2D eigenvalue weighted by Crippen LogP contribution is 2.24. The van der Waals surface area contributed by atoms with Crippen molar-refractivity contribution >= 4 is 17.7 Å². The van der Waals surface area contributed by atoms with Crippen LogP contribution in [0.25, 0.3) is 0 Å². The lowest BCUT2D eigenvalue weighted by Gasteiger charge is -2.38. The lowest BCUT2D eigenvalue weighted by molar-refractivity contribution is -0.139. The average Bonchev–Trinajstić information content (AvgIpc) is 2.80. The first kappa shape index (κ1) is 25.5. The number of Topliss-reactive ketones (excluding diaryl/α,β-unsaturated/α-hetero) is 1. The third-order valence-electron chi connectivity index (χ3n) is 6.91. The molecular formula is C28H35NO5. The molecule has 0 aromatic heterocycles. The Bertz CT molecular complexity index is 1040. The molecule has 182 valence electrons. The molecule has 0 aliphatic carbocycles. The van der Waals surface area contributed by atoms with Crippen LogP contribution in [-0.2, 0) is 9.53 Å². The number of hydrogen-bond acceptors (Lipinski definition) is 5. The molecule has 2 aromatic carbocycles. The Balaban J connectivity index is 1.55. The Morgan fingerprint density at radius 1 is 0.882 bits per heavy atom. The summed E-state index contributed by atoms with van der Waals surface area (Å²) in [5.41, 5.74) is 4.84. The Morgan fingerprint density at radius 2 is 1.44 bits per heavy atom. The summed E-state index contributed by atoms with van der Waals surface area (Å²) in [4.78, 5) is 39.8. The van der Waals surface area contributed by atoms with Gasteiger partial charge in [0.05, 0.1) is 5.56 Å². The first-order chi connectivity index (χ1) is 16.1. The van der Waals surface area contributed by atoms with Crippen LogP contribution in [0.3, 0.4) is 0 Å². The summed E-state index contributed by atoms with van der Waals surface area (Å²) in [5, 5.41) is 0. The summed E-state index contributed by atoms with van der Waals surface area (Å²) in [7, 11) is 0. The van der Waals surface area contributed by atoms with Crippen LogP contribution in [0.2, 0.25) is 0 Å². The monoisotopic (exact) mass is 465 g/mol. The smallest absolute Gasteiger partial charge is 0.338 e. The summed E-state index contributed by atoms with van der Waals surface area (Å²) in [6, 6.07) is 8.91.